The summed E-state index contributed by atoms with van der Waals surface area (Å²) in [7, 11) is 4.58. The number of methoxy groups -OCH3 is 3. The fourth-order valence-corrected chi connectivity index (χ4v) is 1.56. The van der Waals surface area contributed by atoms with Gasteiger partial charge in [-0.2, -0.15) is 9.97 Å². The van der Waals surface area contributed by atoms with Gasteiger partial charge in [0.15, 0.2) is 5.69 Å². The molecular formula is C13H15N3O4. The maximum absolute atomic E-state index is 5.85. The lowest BCUT2D eigenvalue weighted by molar-refractivity contribution is 0.381. The summed E-state index contributed by atoms with van der Waals surface area (Å²) in [5, 5.41) is 0. The second-order valence-electron chi connectivity index (χ2n) is 3.75. The van der Waals surface area contributed by atoms with Crippen molar-refractivity contribution < 1.29 is 18.9 Å². The number of nitrogen functional groups attached to an aromatic ring is 1. The maximum Gasteiger partial charge on any atom is 0.249 e. The molecule has 0 saturated heterocycles. The molecule has 20 heavy (non-hydrogen) atoms. The lowest BCUT2D eigenvalue weighted by Gasteiger charge is -2.11. The number of anilines is 1. The van der Waals surface area contributed by atoms with Gasteiger partial charge in [-0.25, -0.2) is 0 Å². The second kappa shape index (κ2) is 5.96. The molecule has 0 unspecified atom stereocenters. The number of nitrogens with zero attached hydrogens (tertiary/aromatic N) is 2. The van der Waals surface area contributed by atoms with Gasteiger partial charge in [0.25, 0.3) is 0 Å². The zero-order valence-corrected chi connectivity index (χ0v) is 11.4. The van der Waals surface area contributed by atoms with Crippen molar-refractivity contribution in [3.8, 4) is 29.0 Å². The van der Waals surface area contributed by atoms with Gasteiger partial charge in [0.1, 0.15) is 23.6 Å². The fraction of sp³-hybridized carbons (Fsp3) is 0.231. The molecule has 0 aliphatic carbocycles. The van der Waals surface area contributed by atoms with E-state index in [4.69, 9.17) is 24.7 Å². The molecule has 2 rings (SSSR count). The van der Waals surface area contributed by atoms with E-state index in [0.717, 1.165) is 0 Å². The van der Waals surface area contributed by atoms with E-state index >= 15 is 0 Å². The highest BCUT2D eigenvalue weighted by atomic mass is 16.5. The van der Waals surface area contributed by atoms with Gasteiger partial charge in [-0.05, 0) is 0 Å². The topological polar surface area (TPSA) is 88.7 Å². The molecular weight excluding hydrogens is 262 g/mol. The van der Waals surface area contributed by atoms with Crippen molar-refractivity contribution in [2.75, 3.05) is 27.1 Å². The molecule has 0 radical (unpaired) electrons. The summed E-state index contributed by atoms with van der Waals surface area (Å²) in [6, 6.07) is 5.11. The Hall–Kier alpha value is -2.70. The molecule has 2 N–H and O–H groups in total. The summed E-state index contributed by atoms with van der Waals surface area (Å²) < 4.78 is 21.0. The predicted octanol–water partition coefficient (Wildman–Crippen LogP) is 1.88. The Balaban J connectivity index is 2.34. The van der Waals surface area contributed by atoms with Crippen LogP contribution in [0.4, 0.5) is 5.69 Å². The molecule has 1 heterocycles. The first kappa shape index (κ1) is 13.7. The molecule has 0 atom stereocenters. The number of hydrogen-bond acceptors (Lipinski definition) is 7. The van der Waals surface area contributed by atoms with Crippen molar-refractivity contribution in [3.63, 3.8) is 0 Å². The average Bonchev–Trinajstić information content (AvgIpc) is 2.49. The van der Waals surface area contributed by atoms with E-state index in [1.54, 1.807) is 32.4 Å². The molecule has 0 aliphatic rings. The zero-order chi connectivity index (χ0) is 14.5. The van der Waals surface area contributed by atoms with Crippen LogP contribution in [-0.2, 0) is 0 Å². The van der Waals surface area contributed by atoms with Gasteiger partial charge >= 0.3 is 0 Å². The molecule has 0 aliphatic heterocycles. The van der Waals surface area contributed by atoms with E-state index in [1.165, 1.54) is 13.4 Å². The Bertz CT molecular complexity index is 582. The summed E-state index contributed by atoms with van der Waals surface area (Å²) >= 11 is 0. The normalized spacial score (nSPS) is 9.95. The van der Waals surface area contributed by atoms with Crippen LogP contribution in [-0.4, -0.2) is 31.3 Å². The molecule has 0 spiro atoms. The highest BCUT2D eigenvalue weighted by Gasteiger charge is 2.12. The minimum absolute atomic E-state index is 0.201. The van der Waals surface area contributed by atoms with Crippen LogP contribution in [0.2, 0.25) is 0 Å². The first-order valence-corrected chi connectivity index (χ1v) is 5.73. The summed E-state index contributed by atoms with van der Waals surface area (Å²) in [5.74, 6) is 2.13. The Labute approximate surface area is 116 Å². The molecule has 0 bridgehead atoms. The van der Waals surface area contributed by atoms with E-state index in [0.29, 0.717) is 17.2 Å². The number of ether oxygens (including phenoxy) is 4. The van der Waals surface area contributed by atoms with E-state index in [2.05, 4.69) is 9.97 Å². The Morgan fingerprint density at radius 2 is 1.35 bits per heavy atom. The van der Waals surface area contributed by atoms with Gasteiger partial charge in [-0.3, -0.25) is 0 Å². The maximum atomic E-state index is 5.85. The van der Waals surface area contributed by atoms with Crippen LogP contribution < -0.4 is 24.7 Å². The number of hydrogen-bond donors (Lipinski definition) is 1. The SMILES string of the molecule is COc1cc(OC)cc(Oc2ncnc(OC)c2N)c1. The van der Waals surface area contributed by atoms with Crippen molar-refractivity contribution in [2.45, 2.75) is 0 Å². The third-order valence-electron chi connectivity index (χ3n) is 2.54. The van der Waals surface area contributed by atoms with Gasteiger partial charge < -0.3 is 24.7 Å². The Morgan fingerprint density at radius 1 is 0.800 bits per heavy atom. The number of aromatic nitrogens is 2. The highest BCUT2D eigenvalue weighted by molar-refractivity contribution is 5.57. The minimum atomic E-state index is 0.201. The van der Waals surface area contributed by atoms with E-state index in [1.807, 2.05) is 0 Å². The quantitative estimate of drug-likeness (QED) is 0.892. The van der Waals surface area contributed by atoms with Gasteiger partial charge in [-0.1, -0.05) is 0 Å². The molecule has 106 valence electrons. The van der Waals surface area contributed by atoms with Crippen LogP contribution in [0.5, 0.6) is 29.0 Å². The van der Waals surface area contributed by atoms with E-state index < -0.39 is 0 Å². The standard InChI is InChI=1S/C13H15N3O4/c1-17-8-4-9(18-2)6-10(5-8)20-13-11(14)12(19-3)15-7-16-13/h4-7H,14H2,1-3H3. The lowest BCUT2D eigenvalue weighted by atomic mass is 10.3. The molecule has 0 amide bonds. The van der Waals surface area contributed by atoms with E-state index in [9.17, 15) is 0 Å². The fourth-order valence-electron chi connectivity index (χ4n) is 1.56. The molecule has 1 aromatic heterocycles. The zero-order valence-electron chi connectivity index (χ0n) is 11.4. The van der Waals surface area contributed by atoms with Gasteiger partial charge in [0.2, 0.25) is 11.8 Å². The summed E-state index contributed by atoms with van der Waals surface area (Å²) in [4.78, 5) is 7.85. The van der Waals surface area contributed by atoms with Crippen LogP contribution in [0.1, 0.15) is 0 Å². The summed E-state index contributed by atoms with van der Waals surface area (Å²) in [6.07, 6.45) is 1.31. The molecule has 0 saturated carbocycles. The van der Waals surface area contributed by atoms with Gasteiger partial charge in [-0.15, -0.1) is 0 Å². The smallest absolute Gasteiger partial charge is 0.249 e. The largest absolute Gasteiger partial charge is 0.496 e. The van der Waals surface area contributed by atoms with Crippen molar-refractivity contribution in [1.82, 2.24) is 9.97 Å². The molecule has 7 heteroatoms. The van der Waals surface area contributed by atoms with Crippen molar-refractivity contribution in [3.05, 3.63) is 24.5 Å². The van der Waals surface area contributed by atoms with Crippen LogP contribution in [0.25, 0.3) is 0 Å². The highest BCUT2D eigenvalue weighted by Crippen LogP contribution is 2.34. The third-order valence-corrected chi connectivity index (χ3v) is 2.54. The van der Waals surface area contributed by atoms with Gasteiger partial charge in [0.05, 0.1) is 21.3 Å². The Kier molecular flexibility index (Phi) is 4.09. The van der Waals surface area contributed by atoms with Crippen molar-refractivity contribution >= 4 is 5.69 Å². The molecule has 2 aromatic rings. The van der Waals surface area contributed by atoms with E-state index in [-0.39, 0.29) is 17.4 Å². The van der Waals surface area contributed by atoms with Crippen molar-refractivity contribution in [2.24, 2.45) is 0 Å². The second-order valence-corrected chi connectivity index (χ2v) is 3.75. The Morgan fingerprint density at radius 3 is 1.90 bits per heavy atom. The number of benzene rings is 1. The third kappa shape index (κ3) is 2.82. The average molecular weight is 277 g/mol. The van der Waals surface area contributed by atoms with Crippen LogP contribution in [0.3, 0.4) is 0 Å². The summed E-state index contributed by atoms with van der Waals surface area (Å²) in [5.41, 5.74) is 6.06. The molecule has 7 nitrogen and oxygen atoms in total. The minimum Gasteiger partial charge on any atom is -0.496 e. The van der Waals surface area contributed by atoms with Gasteiger partial charge in [0, 0.05) is 18.2 Å². The first-order chi connectivity index (χ1) is 9.67. The lowest BCUT2D eigenvalue weighted by Crippen LogP contribution is -2.00. The van der Waals surface area contributed by atoms with Crippen LogP contribution in [0.15, 0.2) is 24.5 Å². The number of rotatable bonds is 5. The first-order valence-electron chi connectivity index (χ1n) is 5.73. The van der Waals surface area contributed by atoms with Crippen molar-refractivity contribution in [1.29, 1.82) is 0 Å². The summed E-state index contributed by atoms with van der Waals surface area (Å²) in [6.45, 7) is 0. The molecule has 0 fully saturated rings. The number of nitrogens with two attached hydrogens (primary N) is 1. The predicted molar refractivity (Wildman–Crippen MR) is 72.6 cm³/mol. The van der Waals surface area contributed by atoms with Crippen LogP contribution >= 0.6 is 0 Å². The molecule has 1 aromatic carbocycles. The van der Waals surface area contributed by atoms with Crippen LogP contribution in [0, 0.1) is 0 Å². The monoisotopic (exact) mass is 277 g/mol.